The molecule has 0 amide bonds. The molecule has 0 fully saturated rings. The number of H-pyrrole nitrogens is 1. The molecule has 0 unspecified atom stereocenters. The lowest BCUT2D eigenvalue weighted by Gasteiger charge is -2.09. The van der Waals surface area contributed by atoms with Gasteiger partial charge in [-0.1, -0.05) is 54.1 Å². The number of nitrogens with one attached hydrogen (secondary N) is 2. The molecule has 0 aliphatic rings. The minimum Gasteiger partial charge on any atom is -0.320 e. The van der Waals surface area contributed by atoms with Gasteiger partial charge < -0.3 is 5.43 Å². The Hall–Kier alpha value is -2.53. The Morgan fingerprint density at radius 2 is 1.78 bits per heavy atom. The van der Waals surface area contributed by atoms with Crippen molar-refractivity contribution in [2.45, 2.75) is 12.8 Å². The zero-order chi connectivity index (χ0) is 16.1. The fourth-order valence-corrected chi connectivity index (χ4v) is 2.48. The summed E-state index contributed by atoms with van der Waals surface area (Å²) in [5, 5.41) is 7.26. The number of benzene rings is 2. The van der Waals surface area contributed by atoms with Gasteiger partial charge in [0.05, 0.1) is 0 Å². The first-order chi connectivity index (χ1) is 11.2. The second-order valence-corrected chi connectivity index (χ2v) is 5.66. The summed E-state index contributed by atoms with van der Waals surface area (Å²) in [5.74, 6) is 0.644. The van der Waals surface area contributed by atoms with Gasteiger partial charge in [0, 0.05) is 18.0 Å². The second-order valence-electron chi connectivity index (χ2n) is 5.23. The van der Waals surface area contributed by atoms with Crippen LogP contribution in [0.1, 0.15) is 17.0 Å². The molecule has 0 aliphatic carbocycles. The molecule has 6 heteroatoms. The summed E-state index contributed by atoms with van der Waals surface area (Å²) in [7, 11) is 0. The van der Waals surface area contributed by atoms with E-state index in [4.69, 9.17) is 11.6 Å². The van der Waals surface area contributed by atoms with Crippen LogP contribution in [0.15, 0.2) is 59.4 Å². The molecule has 0 spiro atoms. The van der Waals surface area contributed by atoms with Crippen molar-refractivity contribution in [2.75, 3.05) is 12.0 Å². The summed E-state index contributed by atoms with van der Waals surface area (Å²) >= 11 is 5.89. The van der Waals surface area contributed by atoms with Crippen LogP contribution < -0.4 is 11.1 Å². The number of hydrogen-bond acceptors (Lipinski definition) is 3. The predicted octanol–water partition coefficient (Wildman–Crippen LogP) is 2.60. The summed E-state index contributed by atoms with van der Waals surface area (Å²) in [6.45, 7) is 0.650. The van der Waals surface area contributed by atoms with Crippen LogP contribution in [-0.4, -0.2) is 21.4 Å². The number of aromatic nitrogens is 3. The smallest absolute Gasteiger partial charge is 0.320 e. The van der Waals surface area contributed by atoms with Crippen molar-refractivity contribution in [3.8, 4) is 0 Å². The van der Waals surface area contributed by atoms with Gasteiger partial charge in [0.2, 0.25) is 0 Å². The molecule has 5 nitrogen and oxygen atoms in total. The molecule has 0 radical (unpaired) electrons. The van der Waals surface area contributed by atoms with E-state index in [1.165, 1.54) is 10.2 Å². The van der Waals surface area contributed by atoms with Crippen molar-refractivity contribution in [3.05, 3.63) is 87.1 Å². The molecule has 1 aromatic heterocycles. The molecular formula is C17H17ClN4O. The predicted molar refractivity (Wildman–Crippen MR) is 91.5 cm³/mol. The van der Waals surface area contributed by atoms with E-state index in [0.717, 1.165) is 12.0 Å². The standard InChI is InChI=1S/C17H17ClN4O/c18-15-8-6-14(7-9-15)12-16-20-21-17(23)22(16)19-11-10-13-4-2-1-3-5-13/h1-9,19H,10-12H2,(H,21,23). The molecule has 3 aromatic rings. The van der Waals surface area contributed by atoms with Gasteiger partial charge in [-0.2, -0.15) is 9.77 Å². The lowest BCUT2D eigenvalue weighted by atomic mass is 10.1. The van der Waals surface area contributed by atoms with Gasteiger partial charge in [-0.25, -0.2) is 9.89 Å². The highest BCUT2D eigenvalue weighted by molar-refractivity contribution is 6.30. The molecule has 0 saturated heterocycles. The van der Waals surface area contributed by atoms with Crippen LogP contribution in [0.2, 0.25) is 5.02 Å². The van der Waals surface area contributed by atoms with Gasteiger partial charge in [-0.15, -0.1) is 0 Å². The third kappa shape index (κ3) is 4.02. The topological polar surface area (TPSA) is 62.7 Å². The van der Waals surface area contributed by atoms with Gasteiger partial charge in [0.25, 0.3) is 0 Å². The van der Waals surface area contributed by atoms with Gasteiger partial charge >= 0.3 is 5.69 Å². The van der Waals surface area contributed by atoms with E-state index in [-0.39, 0.29) is 5.69 Å². The van der Waals surface area contributed by atoms with Crippen molar-refractivity contribution < 1.29 is 0 Å². The normalized spacial score (nSPS) is 10.7. The van der Waals surface area contributed by atoms with E-state index < -0.39 is 0 Å². The minimum absolute atomic E-state index is 0.262. The molecule has 23 heavy (non-hydrogen) atoms. The summed E-state index contributed by atoms with van der Waals surface area (Å²) in [6, 6.07) is 17.6. The Kier molecular flexibility index (Phi) is 4.78. The highest BCUT2D eigenvalue weighted by Gasteiger charge is 2.08. The van der Waals surface area contributed by atoms with Crippen LogP contribution in [0.3, 0.4) is 0 Å². The molecule has 1 heterocycles. The molecule has 0 saturated carbocycles. The molecule has 2 aromatic carbocycles. The van der Waals surface area contributed by atoms with Gasteiger partial charge in [-0.3, -0.25) is 0 Å². The average molecular weight is 329 g/mol. The van der Waals surface area contributed by atoms with Crippen LogP contribution in [-0.2, 0) is 12.8 Å². The number of nitrogens with zero attached hydrogens (tertiary/aromatic N) is 2. The lowest BCUT2D eigenvalue weighted by Crippen LogP contribution is -2.30. The molecule has 0 bridgehead atoms. The number of aromatic amines is 1. The Balaban J connectivity index is 1.66. The lowest BCUT2D eigenvalue weighted by molar-refractivity contribution is 0.751. The summed E-state index contributed by atoms with van der Waals surface area (Å²) in [5.41, 5.74) is 5.12. The van der Waals surface area contributed by atoms with Crippen molar-refractivity contribution >= 4 is 11.6 Å². The summed E-state index contributed by atoms with van der Waals surface area (Å²) < 4.78 is 1.47. The maximum atomic E-state index is 11.9. The summed E-state index contributed by atoms with van der Waals surface area (Å²) in [4.78, 5) is 11.9. The largest absolute Gasteiger partial charge is 0.362 e. The monoisotopic (exact) mass is 328 g/mol. The van der Waals surface area contributed by atoms with Crippen LogP contribution in [0.25, 0.3) is 0 Å². The van der Waals surface area contributed by atoms with E-state index in [1.54, 1.807) is 0 Å². The van der Waals surface area contributed by atoms with E-state index in [0.29, 0.717) is 23.8 Å². The Bertz CT molecular complexity index is 809. The second kappa shape index (κ2) is 7.15. The molecular weight excluding hydrogens is 312 g/mol. The van der Waals surface area contributed by atoms with E-state index in [2.05, 4.69) is 27.8 Å². The van der Waals surface area contributed by atoms with Crippen LogP contribution >= 0.6 is 11.6 Å². The van der Waals surface area contributed by atoms with E-state index in [9.17, 15) is 4.79 Å². The summed E-state index contributed by atoms with van der Waals surface area (Å²) in [6.07, 6.45) is 1.38. The quantitative estimate of drug-likeness (QED) is 0.731. The third-order valence-corrected chi connectivity index (χ3v) is 3.80. The van der Waals surface area contributed by atoms with Gasteiger partial charge in [-0.05, 0) is 29.7 Å². The Labute approximate surface area is 138 Å². The highest BCUT2D eigenvalue weighted by atomic mass is 35.5. The fourth-order valence-electron chi connectivity index (χ4n) is 2.35. The number of halogens is 1. The van der Waals surface area contributed by atoms with E-state index >= 15 is 0 Å². The molecule has 0 atom stereocenters. The Morgan fingerprint density at radius 3 is 2.52 bits per heavy atom. The van der Waals surface area contributed by atoms with Gasteiger partial charge in [0.15, 0.2) is 5.82 Å². The first kappa shape index (κ1) is 15.4. The fraction of sp³-hybridized carbons (Fsp3) is 0.176. The maximum Gasteiger partial charge on any atom is 0.362 e. The first-order valence-corrected chi connectivity index (χ1v) is 7.79. The van der Waals surface area contributed by atoms with Crippen LogP contribution in [0.4, 0.5) is 0 Å². The molecule has 118 valence electrons. The highest BCUT2D eigenvalue weighted by Crippen LogP contribution is 2.11. The van der Waals surface area contributed by atoms with E-state index in [1.807, 2.05) is 42.5 Å². The van der Waals surface area contributed by atoms with Crippen molar-refractivity contribution in [1.82, 2.24) is 14.9 Å². The SMILES string of the molecule is O=c1[nH]nc(Cc2ccc(Cl)cc2)n1NCCc1ccccc1. The van der Waals surface area contributed by atoms with Crippen LogP contribution in [0.5, 0.6) is 0 Å². The third-order valence-electron chi connectivity index (χ3n) is 3.54. The minimum atomic E-state index is -0.262. The zero-order valence-electron chi connectivity index (χ0n) is 12.5. The maximum absolute atomic E-state index is 11.9. The van der Waals surface area contributed by atoms with Crippen molar-refractivity contribution in [2.24, 2.45) is 0 Å². The number of hydrogen-bond donors (Lipinski definition) is 2. The van der Waals surface area contributed by atoms with Crippen molar-refractivity contribution in [1.29, 1.82) is 0 Å². The average Bonchev–Trinajstić information content (AvgIpc) is 2.91. The van der Waals surface area contributed by atoms with Gasteiger partial charge in [0.1, 0.15) is 0 Å². The van der Waals surface area contributed by atoms with Crippen LogP contribution in [0, 0.1) is 0 Å². The zero-order valence-corrected chi connectivity index (χ0v) is 13.3. The molecule has 3 rings (SSSR count). The van der Waals surface area contributed by atoms with Crippen molar-refractivity contribution in [3.63, 3.8) is 0 Å². The number of rotatable bonds is 6. The molecule has 2 N–H and O–H groups in total. The Morgan fingerprint density at radius 1 is 1.04 bits per heavy atom. The molecule has 0 aliphatic heterocycles. The first-order valence-electron chi connectivity index (χ1n) is 7.41.